The monoisotopic (exact) mass is 329 g/mol. The van der Waals surface area contributed by atoms with Crippen molar-refractivity contribution < 1.29 is 9.47 Å². The van der Waals surface area contributed by atoms with E-state index < -0.39 is 0 Å². The van der Waals surface area contributed by atoms with Crippen LogP contribution in [0.3, 0.4) is 0 Å². The van der Waals surface area contributed by atoms with Crippen molar-refractivity contribution in [1.29, 1.82) is 0 Å². The Hall–Kier alpha value is -2.13. The van der Waals surface area contributed by atoms with Crippen molar-refractivity contribution in [2.24, 2.45) is 0 Å². The summed E-state index contributed by atoms with van der Waals surface area (Å²) in [7, 11) is 0. The van der Waals surface area contributed by atoms with Gasteiger partial charge in [-0.25, -0.2) is 0 Å². The minimum absolute atomic E-state index is 0.679. The second-order valence-electron chi connectivity index (χ2n) is 5.32. The molecule has 1 aromatic heterocycles. The van der Waals surface area contributed by atoms with Crippen molar-refractivity contribution in [1.82, 2.24) is 4.57 Å². The third kappa shape index (κ3) is 3.99. The maximum atomic E-state index is 5.86. The van der Waals surface area contributed by atoms with E-state index in [4.69, 9.17) is 21.1 Å². The molecule has 2 aromatic carbocycles. The Balaban J connectivity index is 1.56. The molecule has 3 aromatic rings. The number of hydrogen-bond donors (Lipinski definition) is 0. The number of rotatable bonds is 7. The Bertz CT molecular complexity index is 765. The molecule has 0 saturated heterocycles. The van der Waals surface area contributed by atoms with Crippen molar-refractivity contribution in [3.8, 4) is 11.5 Å². The van der Waals surface area contributed by atoms with Gasteiger partial charge in [-0.3, -0.25) is 0 Å². The zero-order valence-corrected chi connectivity index (χ0v) is 13.9. The average molecular weight is 330 g/mol. The molecule has 0 aliphatic rings. The van der Waals surface area contributed by atoms with E-state index in [1.807, 2.05) is 37.3 Å². The van der Waals surface area contributed by atoms with E-state index in [-0.39, 0.29) is 0 Å². The lowest BCUT2D eigenvalue weighted by Crippen LogP contribution is -2.03. The Labute approximate surface area is 141 Å². The number of halogens is 1. The normalized spacial score (nSPS) is 10.9. The number of benzene rings is 2. The van der Waals surface area contributed by atoms with Crippen molar-refractivity contribution >= 4 is 22.5 Å². The molecule has 0 atom stereocenters. The van der Waals surface area contributed by atoms with Crippen LogP contribution in [0.25, 0.3) is 10.9 Å². The number of fused-ring (bicyclic) bond motifs is 1. The van der Waals surface area contributed by atoms with Crippen LogP contribution in [0.15, 0.2) is 54.7 Å². The van der Waals surface area contributed by atoms with E-state index in [0.29, 0.717) is 13.2 Å². The van der Waals surface area contributed by atoms with Crippen LogP contribution in [-0.2, 0) is 6.54 Å². The Kier molecular flexibility index (Phi) is 5.09. The summed E-state index contributed by atoms with van der Waals surface area (Å²) in [4.78, 5) is 0. The Morgan fingerprint density at radius 2 is 1.74 bits per heavy atom. The number of nitrogens with zero attached hydrogens (tertiary/aromatic N) is 1. The Morgan fingerprint density at radius 1 is 0.957 bits per heavy atom. The summed E-state index contributed by atoms with van der Waals surface area (Å²) in [5, 5.41) is 1.93. The molecule has 0 saturated carbocycles. The van der Waals surface area contributed by atoms with E-state index in [2.05, 4.69) is 29.0 Å². The average Bonchev–Trinajstić information content (AvgIpc) is 2.96. The van der Waals surface area contributed by atoms with Gasteiger partial charge in [-0.1, -0.05) is 11.6 Å². The van der Waals surface area contributed by atoms with Gasteiger partial charge in [0.1, 0.15) is 11.5 Å². The van der Waals surface area contributed by atoms with E-state index in [0.717, 1.165) is 29.5 Å². The highest BCUT2D eigenvalue weighted by molar-refractivity contribution is 6.30. The fourth-order valence-corrected chi connectivity index (χ4v) is 2.71. The van der Waals surface area contributed by atoms with Crippen LogP contribution in [0.4, 0.5) is 0 Å². The predicted molar refractivity (Wildman–Crippen MR) is 94.7 cm³/mol. The highest BCUT2D eigenvalue weighted by Crippen LogP contribution is 2.22. The molecular weight excluding hydrogens is 310 g/mol. The van der Waals surface area contributed by atoms with E-state index in [9.17, 15) is 0 Å². The van der Waals surface area contributed by atoms with Crippen molar-refractivity contribution in [2.75, 3.05) is 13.2 Å². The van der Waals surface area contributed by atoms with Crippen molar-refractivity contribution in [3.05, 3.63) is 59.8 Å². The standard InChI is InChI=1S/C19H20ClNO2/c1-2-22-18-8-9-19-15(14-18)10-12-21(19)11-3-13-23-17-6-4-16(20)5-7-17/h4-10,12,14H,2-3,11,13H2,1H3. The minimum Gasteiger partial charge on any atom is -0.494 e. The molecule has 0 fully saturated rings. The van der Waals surface area contributed by atoms with Crippen LogP contribution in [-0.4, -0.2) is 17.8 Å². The largest absolute Gasteiger partial charge is 0.494 e. The molecular formula is C19H20ClNO2. The first kappa shape index (κ1) is 15.8. The lowest BCUT2D eigenvalue weighted by atomic mass is 10.2. The smallest absolute Gasteiger partial charge is 0.120 e. The molecule has 0 unspecified atom stereocenters. The van der Waals surface area contributed by atoms with Gasteiger partial charge in [0.2, 0.25) is 0 Å². The minimum atomic E-state index is 0.679. The molecule has 0 radical (unpaired) electrons. The van der Waals surface area contributed by atoms with Crippen LogP contribution < -0.4 is 9.47 Å². The summed E-state index contributed by atoms with van der Waals surface area (Å²) >= 11 is 5.86. The van der Waals surface area contributed by atoms with Crippen LogP contribution in [0.2, 0.25) is 5.02 Å². The summed E-state index contributed by atoms with van der Waals surface area (Å²) in [6.45, 7) is 4.29. The van der Waals surface area contributed by atoms with Crippen LogP contribution >= 0.6 is 11.6 Å². The van der Waals surface area contributed by atoms with Gasteiger partial charge in [-0.2, -0.15) is 0 Å². The summed E-state index contributed by atoms with van der Waals surface area (Å²) in [6.07, 6.45) is 3.06. The molecule has 0 bridgehead atoms. The molecule has 0 aliphatic heterocycles. The fourth-order valence-electron chi connectivity index (χ4n) is 2.59. The quantitative estimate of drug-likeness (QED) is 0.559. The summed E-state index contributed by atoms with van der Waals surface area (Å²) in [5.41, 5.74) is 1.22. The molecule has 120 valence electrons. The summed E-state index contributed by atoms with van der Waals surface area (Å²) in [5.74, 6) is 1.77. The first-order valence-corrected chi connectivity index (χ1v) is 8.24. The molecule has 0 spiro atoms. The van der Waals surface area contributed by atoms with Gasteiger partial charge in [0.15, 0.2) is 0 Å². The molecule has 3 rings (SSSR count). The third-order valence-corrected chi connectivity index (χ3v) is 3.93. The van der Waals surface area contributed by atoms with E-state index in [1.54, 1.807) is 0 Å². The summed E-state index contributed by atoms with van der Waals surface area (Å²) < 4.78 is 13.5. The van der Waals surface area contributed by atoms with Crippen LogP contribution in [0, 0.1) is 0 Å². The molecule has 1 heterocycles. The van der Waals surface area contributed by atoms with Gasteiger partial charge in [-0.05, 0) is 61.9 Å². The molecule has 4 heteroatoms. The lowest BCUT2D eigenvalue weighted by molar-refractivity contribution is 0.302. The molecule has 0 amide bonds. The maximum absolute atomic E-state index is 5.86. The van der Waals surface area contributed by atoms with Crippen LogP contribution in [0.1, 0.15) is 13.3 Å². The van der Waals surface area contributed by atoms with Crippen molar-refractivity contribution in [3.63, 3.8) is 0 Å². The second kappa shape index (κ2) is 7.42. The first-order chi connectivity index (χ1) is 11.3. The zero-order valence-electron chi connectivity index (χ0n) is 13.2. The molecule has 3 nitrogen and oxygen atoms in total. The number of aryl methyl sites for hydroxylation is 1. The second-order valence-corrected chi connectivity index (χ2v) is 5.76. The van der Waals surface area contributed by atoms with Crippen LogP contribution in [0.5, 0.6) is 11.5 Å². The van der Waals surface area contributed by atoms with Gasteiger partial charge < -0.3 is 14.0 Å². The highest BCUT2D eigenvalue weighted by Gasteiger charge is 2.03. The topological polar surface area (TPSA) is 23.4 Å². The van der Waals surface area contributed by atoms with Gasteiger partial charge in [0, 0.05) is 28.7 Å². The summed E-state index contributed by atoms with van der Waals surface area (Å²) in [6, 6.07) is 15.8. The first-order valence-electron chi connectivity index (χ1n) is 7.86. The number of hydrogen-bond acceptors (Lipinski definition) is 2. The van der Waals surface area contributed by atoms with Gasteiger partial charge >= 0.3 is 0 Å². The molecule has 0 N–H and O–H groups in total. The lowest BCUT2D eigenvalue weighted by Gasteiger charge is -2.08. The maximum Gasteiger partial charge on any atom is 0.120 e. The van der Waals surface area contributed by atoms with Gasteiger partial charge in [0.25, 0.3) is 0 Å². The van der Waals surface area contributed by atoms with E-state index in [1.165, 1.54) is 10.9 Å². The van der Waals surface area contributed by atoms with Gasteiger partial charge in [-0.15, -0.1) is 0 Å². The van der Waals surface area contributed by atoms with Gasteiger partial charge in [0.05, 0.1) is 13.2 Å². The molecule has 23 heavy (non-hydrogen) atoms. The predicted octanol–water partition coefficient (Wildman–Crippen LogP) is 5.16. The zero-order chi connectivity index (χ0) is 16.1. The number of ether oxygens (including phenoxy) is 2. The van der Waals surface area contributed by atoms with E-state index >= 15 is 0 Å². The molecule has 0 aliphatic carbocycles. The highest BCUT2D eigenvalue weighted by atomic mass is 35.5. The SMILES string of the molecule is CCOc1ccc2c(ccn2CCCOc2ccc(Cl)cc2)c1. The Morgan fingerprint density at radius 3 is 2.52 bits per heavy atom. The third-order valence-electron chi connectivity index (χ3n) is 3.68. The fraction of sp³-hybridized carbons (Fsp3) is 0.263. The number of aromatic nitrogens is 1. The van der Waals surface area contributed by atoms with Crippen molar-refractivity contribution in [2.45, 2.75) is 19.9 Å².